The summed E-state index contributed by atoms with van der Waals surface area (Å²) in [4.78, 5) is 4.31. The SMILES string of the molecule is Brc1cnc2cnn([C@@H]3CCCCO3)c2c1. The lowest BCUT2D eigenvalue weighted by Gasteiger charge is -2.23. The Morgan fingerprint density at radius 3 is 3.12 bits per heavy atom. The van der Waals surface area contributed by atoms with Gasteiger partial charge >= 0.3 is 0 Å². The number of hydrogen-bond acceptors (Lipinski definition) is 3. The van der Waals surface area contributed by atoms with Crippen LogP contribution in [0.15, 0.2) is 22.9 Å². The van der Waals surface area contributed by atoms with E-state index in [1.165, 1.54) is 6.42 Å². The molecule has 16 heavy (non-hydrogen) atoms. The first-order valence-corrected chi connectivity index (χ1v) is 6.24. The van der Waals surface area contributed by atoms with Crippen LogP contribution in [0.4, 0.5) is 0 Å². The van der Waals surface area contributed by atoms with Gasteiger partial charge in [-0.3, -0.25) is 4.98 Å². The van der Waals surface area contributed by atoms with Crippen LogP contribution < -0.4 is 0 Å². The Kier molecular flexibility index (Phi) is 2.65. The van der Waals surface area contributed by atoms with Gasteiger partial charge in [0.05, 0.1) is 11.7 Å². The van der Waals surface area contributed by atoms with E-state index in [-0.39, 0.29) is 6.23 Å². The number of ether oxygens (including phenoxy) is 1. The van der Waals surface area contributed by atoms with E-state index >= 15 is 0 Å². The van der Waals surface area contributed by atoms with E-state index in [0.717, 1.165) is 35.0 Å². The summed E-state index contributed by atoms with van der Waals surface area (Å²) >= 11 is 3.43. The Hall–Kier alpha value is -0.940. The molecule has 1 aliphatic rings. The minimum atomic E-state index is 0.0716. The van der Waals surface area contributed by atoms with Gasteiger partial charge in [-0.05, 0) is 41.3 Å². The first-order chi connectivity index (χ1) is 7.84. The van der Waals surface area contributed by atoms with E-state index in [4.69, 9.17) is 4.74 Å². The fourth-order valence-electron chi connectivity index (χ4n) is 2.05. The van der Waals surface area contributed by atoms with E-state index in [1.807, 2.05) is 10.7 Å². The summed E-state index contributed by atoms with van der Waals surface area (Å²) in [5.74, 6) is 0. The van der Waals surface area contributed by atoms with Crippen molar-refractivity contribution in [3.63, 3.8) is 0 Å². The molecule has 3 rings (SSSR count). The lowest BCUT2D eigenvalue weighted by atomic mass is 10.2. The van der Waals surface area contributed by atoms with Crippen molar-refractivity contribution in [3.05, 3.63) is 22.9 Å². The average molecular weight is 282 g/mol. The molecule has 0 spiro atoms. The highest BCUT2D eigenvalue weighted by Crippen LogP contribution is 2.26. The Bertz CT molecular complexity index is 505. The molecule has 5 heteroatoms. The van der Waals surface area contributed by atoms with Gasteiger partial charge in [0, 0.05) is 17.3 Å². The predicted octanol–water partition coefficient (Wildman–Crippen LogP) is 2.89. The van der Waals surface area contributed by atoms with Crippen molar-refractivity contribution in [2.45, 2.75) is 25.5 Å². The highest BCUT2D eigenvalue weighted by molar-refractivity contribution is 9.10. The van der Waals surface area contributed by atoms with Gasteiger partial charge in [0.1, 0.15) is 5.52 Å². The van der Waals surface area contributed by atoms with Crippen LogP contribution in [-0.4, -0.2) is 21.4 Å². The van der Waals surface area contributed by atoms with Crippen molar-refractivity contribution >= 4 is 27.0 Å². The standard InChI is InChI=1S/C11H12BrN3O/c12-8-5-10-9(13-6-8)7-14-15(10)11-3-1-2-4-16-11/h5-7,11H,1-4H2/t11-/m0/s1. The van der Waals surface area contributed by atoms with Crippen molar-refractivity contribution in [2.75, 3.05) is 6.61 Å². The molecule has 0 aliphatic carbocycles. The second-order valence-corrected chi connectivity index (χ2v) is 4.88. The minimum absolute atomic E-state index is 0.0716. The molecule has 1 atom stereocenters. The van der Waals surface area contributed by atoms with Crippen molar-refractivity contribution < 1.29 is 4.74 Å². The van der Waals surface area contributed by atoms with E-state index < -0.39 is 0 Å². The van der Waals surface area contributed by atoms with Gasteiger partial charge in [-0.25, -0.2) is 4.68 Å². The molecule has 2 aromatic rings. The number of fused-ring (bicyclic) bond motifs is 1. The molecular formula is C11H12BrN3O. The van der Waals surface area contributed by atoms with Crippen LogP contribution >= 0.6 is 15.9 Å². The highest BCUT2D eigenvalue weighted by Gasteiger charge is 2.18. The zero-order chi connectivity index (χ0) is 11.0. The topological polar surface area (TPSA) is 39.9 Å². The predicted molar refractivity (Wildman–Crippen MR) is 64.1 cm³/mol. The first-order valence-electron chi connectivity index (χ1n) is 5.45. The normalized spacial score (nSPS) is 21.4. The van der Waals surface area contributed by atoms with E-state index in [0.29, 0.717) is 0 Å². The van der Waals surface area contributed by atoms with Crippen molar-refractivity contribution in [2.24, 2.45) is 0 Å². The van der Waals surface area contributed by atoms with Crippen molar-refractivity contribution in [1.82, 2.24) is 14.8 Å². The summed E-state index contributed by atoms with van der Waals surface area (Å²) < 4.78 is 8.63. The summed E-state index contributed by atoms with van der Waals surface area (Å²) in [7, 11) is 0. The van der Waals surface area contributed by atoms with E-state index in [2.05, 4.69) is 26.0 Å². The monoisotopic (exact) mass is 281 g/mol. The molecule has 0 bridgehead atoms. The molecule has 0 aromatic carbocycles. The zero-order valence-corrected chi connectivity index (χ0v) is 10.4. The lowest BCUT2D eigenvalue weighted by Crippen LogP contribution is -2.18. The number of hydrogen-bond donors (Lipinski definition) is 0. The molecule has 1 saturated heterocycles. The molecule has 2 aromatic heterocycles. The molecule has 0 amide bonds. The summed E-state index contributed by atoms with van der Waals surface area (Å²) in [6, 6.07) is 2.04. The first kappa shape index (κ1) is 10.2. The molecule has 84 valence electrons. The fraction of sp³-hybridized carbons (Fsp3) is 0.455. The Morgan fingerprint density at radius 2 is 2.31 bits per heavy atom. The zero-order valence-electron chi connectivity index (χ0n) is 8.77. The Labute approximate surface area is 102 Å². The maximum absolute atomic E-state index is 5.73. The van der Waals surface area contributed by atoms with E-state index in [1.54, 1.807) is 12.4 Å². The number of pyridine rings is 1. The average Bonchev–Trinajstić information content (AvgIpc) is 2.73. The van der Waals surface area contributed by atoms with Crippen LogP contribution in [0.25, 0.3) is 11.0 Å². The smallest absolute Gasteiger partial charge is 0.150 e. The third-order valence-corrected chi connectivity index (χ3v) is 3.28. The number of nitrogens with zero attached hydrogens (tertiary/aromatic N) is 3. The molecule has 0 saturated carbocycles. The van der Waals surface area contributed by atoms with E-state index in [9.17, 15) is 0 Å². The molecule has 0 N–H and O–H groups in total. The maximum atomic E-state index is 5.73. The van der Waals surface area contributed by atoms with Crippen LogP contribution in [0.5, 0.6) is 0 Å². The molecular weight excluding hydrogens is 270 g/mol. The Morgan fingerprint density at radius 1 is 1.38 bits per heavy atom. The van der Waals surface area contributed by atoms with Crippen LogP contribution in [0.1, 0.15) is 25.5 Å². The second-order valence-electron chi connectivity index (χ2n) is 3.97. The molecule has 1 aliphatic heterocycles. The lowest BCUT2D eigenvalue weighted by molar-refractivity contribution is -0.0366. The third-order valence-electron chi connectivity index (χ3n) is 2.84. The Balaban J connectivity index is 2.05. The fourth-order valence-corrected chi connectivity index (χ4v) is 2.37. The minimum Gasteiger partial charge on any atom is -0.356 e. The van der Waals surface area contributed by atoms with Crippen LogP contribution in [0.2, 0.25) is 0 Å². The van der Waals surface area contributed by atoms with Gasteiger partial charge in [0.15, 0.2) is 6.23 Å². The van der Waals surface area contributed by atoms with Gasteiger partial charge in [0.25, 0.3) is 0 Å². The molecule has 0 unspecified atom stereocenters. The molecule has 1 fully saturated rings. The van der Waals surface area contributed by atoms with Crippen molar-refractivity contribution in [1.29, 1.82) is 0 Å². The van der Waals surface area contributed by atoms with Gasteiger partial charge < -0.3 is 4.74 Å². The van der Waals surface area contributed by atoms with Crippen LogP contribution in [0, 0.1) is 0 Å². The van der Waals surface area contributed by atoms with Gasteiger partial charge in [-0.15, -0.1) is 0 Å². The number of rotatable bonds is 1. The van der Waals surface area contributed by atoms with Crippen molar-refractivity contribution in [3.8, 4) is 0 Å². The summed E-state index contributed by atoms with van der Waals surface area (Å²) in [6.45, 7) is 0.827. The second kappa shape index (κ2) is 4.14. The molecule has 3 heterocycles. The largest absolute Gasteiger partial charge is 0.356 e. The summed E-state index contributed by atoms with van der Waals surface area (Å²) in [5.41, 5.74) is 1.94. The molecule has 4 nitrogen and oxygen atoms in total. The van der Waals surface area contributed by atoms with Gasteiger partial charge in [0.2, 0.25) is 0 Å². The highest BCUT2D eigenvalue weighted by atomic mass is 79.9. The maximum Gasteiger partial charge on any atom is 0.150 e. The number of aromatic nitrogens is 3. The molecule has 0 radical (unpaired) electrons. The quantitative estimate of drug-likeness (QED) is 0.807. The number of halogens is 1. The third kappa shape index (κ3) is 1.74. The summed E-state index contributed by atoms with van der Waals surface area (Å²) in [5, 5.41) is 4.37. The van der Waals surface area contributed by atoms with Crippen LogP contribution in [-0.2, 0) is 4.74 Å². The van der Waals surface area contributed by atoms with Gasteiger partial charge in [-0.2, -0.15) is 5.10 Å². The summed E-state index contributed by atoms with van der Waals surface area (Å²) in [6.07, 6.45) is 7.03. The van der Waals surface area contributed by atoms with Crippen LogP contribution in [0.3, 0.4) is 0 Å². The van der Waals surface area contributed by atoms with Gasteiger partial charge in [-0.1, -0.05) is 0 Å².